The number of aryl methyl sites for hydroxylation is 1. The number of nitriles is 1. The molecule has 4 nitrogen and oxygen atoms in total. The summed E-state index contributed by atoms with van der Waals surface area (Å²) in [6.07, 6.45) is 6.02. The van der Waals surface area contributed by atoms with E-state index in [2.05, 4.69) is 11.1 Å². The van der Waals surface area contributed by atoms with Crippen molar-refractivity contribution in [3.63, 3.8) is 0 Å². The number of amides is 1. The fourth-order valence-electron chi connectivity index (χ4n) is 2.72. The lowest BCUT2D eigenvalue weighted by Crippen LogP contribution is -2.49. The van der Waals surface area contributed by atoms with E-state index in [0.717, 1.165) is 37.8 Å². The summed E-state index contributed by atoms with van der Waals surface area (Å²) in [6.45, 7) is 1.82. The van der Waals surface area contributed by atoms with Gasteiger partial charge in [0.25, 0.3) is 5.91 Å². The highest BCUT2D eigenvalue weighted by Gasteiger charge is 2.39. The van der Waals surface area contributed by atoms with Crippen molar-refractivity contribution in [2.45, 2.75) is 44.6 Å². The Bertz CT molecular complexity index is 559. The summed E-state index contributed by atoms with van der Waals surface area (Å²) in [5, 5.41) is 9.92. The molecule has 106 valence electrons. The smallest absolute Gasteiger partial charge is 0.257 e. The van der Waals surface area contributed by atoms with Gasteiger partial charge < -0.3 is 4.90 Å². The number of halogens is 1. The Balaban J connectivity index is 2.30. The zero-order valence-electron chi connectivity index (χ0n) is 11.8. The predicted octanol–water partition coefficient (Wildman–Crippen LogP) is 3.34. The molecule has 0 aromatic carbocycles. The van der Waals surface area contributed by atoms with Crippen molar-refractivity contribution in [2.24, 2.45) is 0 Å². The highest BCUT2D eigenvalue weighted by atomic mass is 35.5. The van der Waals surface area contributed by atoms with Crippen molar-refractivity contribution in [3.8, 4) is 6.07 Å². The lowest BCUT2D eigenvalue weighted by atomic mass is 9.81. The fraction of sp³-hybridized carbons (Fsp3) is 0.533. The molecule has 1 saturated carbocycles. The normalized spacial score (nSPS) is 17.3. The third-order valence-corrected chi connectivity index (χ3v) is 4.37. The number of rotatable bonds is 2. The number of nitrogens with zero attached hydrogens (tertiary/aromatic N) is 3. The first-order chi connectivity index (χ1) is 9.50. The molecule has 1 fully saturated rings. The minimum atomic E-state index is -0.705. The van der Waals surface area contributed by atoms with E-state index in [-0.39, 0.29) is 5.91 Å². The third-order valence-electron chi connectivity index (χ3n) is 4.06. The Hall–Kier alpha value is -1.60. The van der Waals surface area contributed by atoms with Crippen LogP contribution >= 0.6 is 11.6 Å². The molecule has 0 N–H and O–H groups in total. The summed E-state index contributed by atoms with van der Waals surface area (Å²) in [6, 6.07) is 4.01. The van der Waals surface area contributed by atoms with Gasteiger partial charge in [-0.25, -0.2) is 0 Å². The van der Waals surface area contributed by atoms with E-state index in [1.54, 1.807) is 18.0 Å². The van der Waals surface area contributed by atoms with Crippen LogP contribution in [-0.2, 0) is 0 Å². The van der Waals surface area contributed by atoms with Gasteiger partial charge in [0.15, 0.2) is 0 Å². The van der Waals surface area contributed by atoms with Gasteiger partial charge in [0.1, 0.15) is 5.54 Å². The molecule has 0 saturated heterocycles. The van der Waals surface area contributed by atoms with E-state index in [4.69, 9.17) is 11.6 Å². The van der Waals surface area contributed by atoms with Crippen LogP contribution in [0.5, 0.6) is 0 Å². The Labute approximate surface area is 124 Å². The summed E-state index contributed by atoms with van der Waals surface area (Å²) in [7, 11) is 1.69. The molecule has 0 unspecified atom stereocenters. The Morgan fingerprint density at radius 2 is 2.10 bits per heavy atom. The van der Waals surface area contributed by atoms with Gasteiger partial charge in [-0.05, 0) is 25.8 Å². The van der Waals surface area contributed by atoms with Gasteiger partial charge in [0.2, 0.25) is 0 Å². The minimum absolute atomic E-state index is 0.231. The van der Waals surface area contributed by atoms with E-state index in [1.165, 1.54) is 6.20 Å². The Morgan fingerprint density at radius 1 is 1.45 bits per heavy atom. The van der Waals surface area contributed by atoms with Crippen LogP contribution in [0.4, 0.5) is 0 Å². The Kier molecular flexibility index (Phi) is 4.29. The average Bonchev–Trinajstić information content (AvgIpc) is 2.46. The summed E-state index contributed by atoms with van der Waals surface area (Å²) >= 11 is 6.13. The molecule has 5 heteroatoms. The number of aromatic nitrogens is 1. The molecule has 1 heterocycles. The topological polar surface area (TPSA) is 57.0 Å². The molecule has 1 amide bonds. The second-order valence-electron chi connectivity index (χ2n) is 5.37. The van der Waals surface area contributed by atoms with Gasteiger partial charge in [-0.15, -0.1) is 0 Å². The fourth-order valence-corrected chi connectivity index (χ4v) is 3.01. The van der Waals surface area contributed by atoms with E-state index in [0.29, 0.717) is 10.6 Å². The van der Waals surface area contributed by atoms with Crippen molar-refractivity contribution >= 4 is 17.5 Å². The largest absolute Gasteiger partial charge is 0.323 e. The number of hydrogen-bond acceptors (Lipinski definition) is 3. The lowest BCUT2D eigenvalue weighted by Gasteiger charge is -2.39. The Morgan fingerprint density at radius 3 is 2.65 bits per heavy atom. The van der Waals surface area contributed by atoms with Crippen molar-refractivity contribution in [1.82, 2.24) is 9.88 Å². The van der Waals surface area contributed by atoms with E-state index in [1.807, 2.05) is 6.92 Å². The van der Waals surface area contributed by atoms with Crippen molar-refractivity contribution < 1.29 is 4.79 Å². The van der Waals surface area contributed by atoms with E-state index in [9.17, 15) is 10.1 Å². The molecule has 1 aliphatic rings. The number of carbonyl (C=O) groups excluding carboxylic acids is 1. The summed E-state index contributed by atoms with van der Waals surface area (Å²) in [5.41, 5.74) is 0.422. The second kappa shape index (κ2) is 5.80. The minimum Gasteiger partial charge on any atom is -0.323 e. The van der Waals surface area contributed by atoms with Crippen LogP contribution in [-0.4, -0.2) is 28.4 Å². The van der Waals surface area contributed by atoms with Crippen LogP contribution in [0, 0.1) is 18.3 Å². The molecule has 0 spiro atoms. The van der Waals surface area contributed by atoms with Crippen LogP contribution in [0.1, 0.15) is 48.2 Å². The first-order valence-electron chi connectivity index (χ1n) is 6.82. The molecule has 1 aliphatic carbocycles. The average molecular weight is 292 g/mol. The summed E-state index contributed by atoms with van der Waals surface area (Å²) in [5.74, 6) is -0.231. The first-order valence-corrected chi connectivity index (χ1v) is 7.19. The van der Waals surface area contributed by atoms with Crippen LogP contribution < -0.4 is 0 Å². The van der Waals surface area contributed by atoms with Gasteiger partial charge >= 0.3 is 0 Å². The standard InChI is InChI=1S/C15H18ClN3O/c1-11-8-13(16)12(9-18-11)14(20)19(2)15(10-17)6-4-3-5-7-15/h8-9H,3-7H2,1-2H3. The zero-order valence-corrected chi connectivity index (χ0v) is 12.6. The molecule has 0 bridgehead atoms. The van der Waals surface area contributed by atoms with Gasteiger partial charge in [0, 0.05) is 18.9 Å². The lowest BCUT2D eigenvalue weighted by molar-refractivity contribution is 0.0589. The van der Waals surface area contributed by atoms with E-state index < -0.39 is 5.54 Å². The molecular weight excluding hydrogens is 274 g/mol. The number of carbonyl (C=O) groups is 1. The maximum absolute atomic E-state index is 12.6. The van der Waals surface area contributed by atoms with Gasteiger partial charge in [-0.1, -0.05) is 30.9 Å². The molecular formula is C15H18ClN3O. The van der Waals surface area contributed by atoms with Gasteiger partial charge in [-0.3, -0.25) is 9.78 Å². The molecule has 20 heavy (non-hydrogen) atoms. The zero-order chi connectivity index (χ0) is 14.8. The molecule has 0 atom stereocenters. The maximum Gasteiger partial charge on any atom is 0.257 e. The van der Waals surface area contributed by atoms with Crippen LogP contribution in [0.15, 0.2) is 12.3 Å². The van der Waals surface area contributed by atoms with Crippen LogP contribution in [0.25, 0.3) is 0 Å². The molecule has 0 radical (unpaired) electrons. The maximum atomic E-state index is 12.6. The quantitative estimate of drug-likeness (QED) is 0.839. The number of hydrogen-bond donors (Lipinski definition) is 0. The van der Waals surface area contributed by atoms with Crippen LogP contribution in [0.3, 0.4) is 0 Å². The van der Waals surface area contributed by atoms with Gasteiger partial charge in [-0.2, -0.15) is 5.26 Å². The molecule has 2 rings (SSSR count). The molecule has 1 aromatic heterocycles. The summed E-state index contributed by atoms with van der Waals surface area (Å²) in [4.78, 5) is 18.3. The van der Waals surface area contributed by atoms with Crippen molar-refractivity contribution in [3.05, 3.63) is 28.5 Å². The monoisotopic (exact) mass is 291 g/mol. The summed E-state index contributed by atoms with van der Waals surface area (Å²) < 4.78 is 0. The van der Waals surface area contributed by atoms with Gasteiger partial charge in [0.05, 0.1) is 16.7 Å². The van der Waals surface area contributed by atoms with Crippen LogP contribution in [0.2, 0.25) is 5.02 Å². The SMILES string of the molecule is Cc1cc(Cl)c(C(=O)N(C)C2(C#N)CCCCC2)cn1. The first kappa shape index (κ1) is 14.8. The number of pyridine rings is 1. The van der Waals surface area contributed by atoms with Crippen molar-refractivity contribution in [1.29, 1.82) is 5.26 Å². The predicted molar refractivity (Wildman–Crippen MR) is 77.5 cm³/mol. The molecule has 0 aliphatic heterocycles. The second-order valence-corrected chi connectivity index (χ2v) is 5.78. The van der Waals surface area contributed by atoms with Crippen molar-refractivity contribution in [2.75, 3.05) is 7.05 Å². The third kappa shape index (κ3) is 2.64. The molecule has 1 aromatic rings. The highest BCUT2D eigenvalue weighted by Crippen LogP contribution is 2.33. The van der Waals surface area contributed by atoms with E-state index >= 15 is 0 Å². The highest BCUT2D eigenvalue weighted by molar-refractivity contribution is 6.33.